The van der Waals surface area contributed by atoms with E-state index in [-0.39, 0.29) is 12.6 Å². The fraction of sp³-hybridized carbons (Fsp3) is 0.214. The predicted molar refractivity (Wildman–Crippen MR) is 66.5 cm³/mol. The van der Waals surface area contributed by atoms with Gasteiger partial charge in [0.1, 0.15) is 5.76 Å². The summed E-state index contributed by atoms with van der Waals surface area (Å²) in [5.74, 6) is 0.714. The first kappa shape index (κ1) is 12.4. The molecule has 0 aliphatic carbocycles. The molecule has 0 amide bonds. The van der Waals surface area contributed by atoms with Crippen LogP contribution in [0.15, 0.2) is 47.1 Å². The lowest BCUT2D eigenvalue weighted by Gasteiger charge is -2.13. The van der Waals surface area contributed by atoms with Crippen molar-refractivity contribution in [3.8, 4) is 6.07 Å². The van der Waals surface area contributed by atoms with E-state index in [2.05, 4.69) is 11.4 Å². The molecular weight excluding hydrogens is 228 g/mol. The Kier molecular flexibility index (Phi) is 4.13. The molecule has 2 N–H and O–H groups in total. The van der Waals surface area contributed by atoms with Crippen LogP contribution < -0.4 is 5.32 Å². The Bertz CT molecular complexity index is 512. The molecule has 1 aromatic heterocycles. The zero-order valence-electron chi connectivity index (χ0n) is 9.84. The Morgan fingerprint density at radius 1 is 1.28 bits per heavy atom. The monoisotopic (exact) mass is 242 g/mol. The first-order chi connectivity index (χ1) is 8.83. The molecule has 2 aromatic rings. The summed E-state index contributed by atoms with van der Waals surface area (Å²) in [6.07, 6.45) is 1.58. The highest BCUT2D eigenvalue weighted by atomic mass is 16.3. The molecule has 1 aromatic carbocycles. The zero-order chi connectivity index (χ0) is 12.8. The smallest absolute Gasteiger partial charge is 0.123 e. The molecule has 0 aliphatic rings. The van der Waals surface area contributed by atoms with Crippen LogP contribution in [0.4, 0.5) is 0 Å². The number of aliphatic hydroxyl groups is 1. The van der Waals surface area contributed by atoms with Crippen molar-refractivity contribution in [1.82, 2.24) is 5.32 Å². The van der Waals surface area contributed by atoms with Gasteiger partial charge in [-0.2, -0.15) is 5.26 Å². The Labute approximate surface area is 105 Å². The van der Waals surface area contributed by atoms with Crippen LogP contribution in [-0.4, -0.2) is 11.7 Å². The van der Waals surface area contributed by atoms with Gasteiger partial charge in [-0.25, -0.2) is 0 Å². The molecule has 92 valence electrons. The molecule has 0 saturated heterocycles. The second-order valence-corrected chi connectivity index (χ2v) is 3.94. The van der Waals surface area contributed by atoms with Gasteiger partial charge in [0.2, 0.25) is 0 Å². The Balaban J connectivity index is 1.95. The van der Waals surface area contributed by atoms with E-state index in [0.29, 0.717) is 17.9 Å². The summed E-state index contributed by atoms with van der Waals surface area (Å²) in [6, 6.07) is 12.8. The third-order valence-corrected chi connectivity index (χ3v) is 2.70. The summed E-state index contributed by atoms with van der Waals surface area (Å²) in [4.78, 5) is 0. The largest absolute Gasteiger partial charge is 0.468 e. The first-order valence-corrected chi connectivity index (χ1v) is 5.70. The number of nitrogens with zero attached hydrogens (tertiary/aromatic N) is 1. The number of nitrogens with one attached hydrogen (secondary N) is 1. The fourth-order valence-corrected chi connectivity index (χ4v) is 1.68. The lowest BCUT2D eigenvalue weighted by molar-refractivity contribution is 0.225. The summed E-state index contributed by atoms with van der Waals surface area (Å²) >= 11 is 0. The quantitative estimate of drug-likeness (QED) is 0.841. The molecule has 0 bridgehead atoms. The second kappa shape index (κ2) is 6.01. The summed E-state index contributed by atoms with van der Waals surface area (Å²) in [5.41, 5.74) is 1.70. The molecule has 4 heteroatoms. The molecule has 0 fully saturated rings. The van der Waals surface area contributed by atoms with Crippen LogP contribution in [0.2, 0.25) is 0 Å². The van der Waals surface area contributed by atoms with Gasteiger partial charge in [-0.1, -0.05) is 12.1 Å². The normalized spacial score (nSPS) is 12.0. The lowest BCUT2D eigenvalue weighted by Crippen LogP contribution is -2.23. The van der Waals surface area contributed by atoms with E-state index < -0.39 is 0 Å². The van der Waals surface area contributed by atoms with E-state index >= 15 is 0 Å². The van der Waals surface area contributed by atoms with Crippen LogP contribution in [0.25, 0.3) is 0 Å². The van der Waals surface area contributed by atoms with E-state index in [9.17, 15) is 5.11 Å². The topological polar surface area (TPSA) is 69.2 Å². The Morgan fingerprint density at radius 2 is 2.06 bits per heavy atom. The molecule has 0 saturated carbocycles. The van der Waals surface area contributed by atoms with Crippen molar-refractivity contribution in [2.45, 2.75) is 12.6 Å². The summed E-state index contributed by atoms with van der Waals surface area (Å²) in [5, 5.41) is 21.2. The first-order valence-electron chi connectivity index (χ1n) is 5.70. The van der Waals surface area contributed by atoms with Gasteiger partial charge in [0, 0.05) is 6.54 Å². The van der Waals surface area contributed by atoms with Gasteiger partial charge in [-0.15, -0.1) is 0 Å². The molecule has 1 heterocycles. The minimum Gasteiger partial charge on any atom is -0.468 e. The number of furan rings is 1. The number of aliphatic hydroxyl groups excluding tert-OH is 1. The second-order valence-electron chi connectivity index (χ2n) is 3.94. The van der Waals surface area contributed by atoms with Crippen LogP contribution in [-0.2, 0) is 6.54 Å². The minimum absolute atomic E-state index is 0.0240. The average molecular weight is 242 g/mol. The van der Waals surface area contributed by atoms with E-state index in [1.54, 1.807) is 24.5 Å². The highest BCUT2D eigenvalue weighted by molar-refractivity contribution is 5.31. The van der Waals surface area contributed by atoms with Crippen LogP contribution in [0, 0.1) is 11.3 Å². The van der Waals surface area contributed by atoms with Crippen LogP contribution in [0.3, 0.4) is 0 Å². The molecule has 0 spiro atoms. The highest BCUT2D eigenvalue weighted by Crippen LogP contribution is 2.13. The van der Waals surface area contributed by atoms with Crippen molar-refractivity contribution in [2.75, 3.05) is 6.61 Å². The fourth-order valence-electron chi connectivity index (χ4n) is 1.68. The predicted octanol–water partition coefficient (Wildman–Crippen LogP) is 1.97. The number of hydrogen-bond donors (Lipinski definition) is 2. The van der Waals surface area contributed by atoms with Crippen molar-refractivity contribution in [3.63, 3.8) is 0 Å². The molecule has 1 atom stereocenters. The van der Waals surface area contributed by atoms with Crippen LogP contribution in [0.5, 0.6) is 0 Å². The average Bonchev–Trinajstić information content (AvgIpc) is 2.94. The third-order valence-electron chi connectivity index (χ3n) is 2.70. The maximum absolute atomic E-state index is 9.29. The van der Waals surface area contributed by atoms with Gasteiger partial charge in [-0.05, 0) is 29.8 Å². The third kappa shape index (κ3) is 2.98. The summed E-state index contributed by atoms with van der Waals surface area (Å²) in [6.45, 7) is 0.585. The van der Waals surface area contributed by atoms with E-state index in [0.717, 1.165) is 5.56 Å². The number of rotatable bonds is 5. The van der Waals surface area contributed by atoms with Gasteiger partial charge < -0.3 is 14.8 Å². The molecule has 4 nitrogen and oxygen atoms in total. The summed E-state index contributed by atoms with van der Waals surface area (Å²) in [7, 11) is 0. The van der Waals surface area contributed by atoms with Crippen LogP contribution in [0.1, 0.15) is 22.9 Å². The SMILES string of the molecule is N#Cc1ccc(CNC(CO)c2ccco2)cc1. The van der Waals surface area contributed by atoms with Gasteiger partial charge in [-0.3, -0.25) is 0 Å². The maximum atomic E-state index is 9.29. The van der Waals surface area contributed by atoms with E-state index in [4.69, 9.17) is 9.68 Å². The van der Waals surface area contributed by atoms with Crippen molar-refractivity contribution < 1.29 is 9.52 Å². The zero-order valence-corrected chi connectivity index (χ0v) is 9.84. The van der Waals surface area contributed by atoms with Crippen LogP contribution >= 0.6 is 0 Å². The number of benzene rings is 1. The number of hydrogen-bond acceptors (Lipinski definition) is 4. The van der Waals surface area contributed by atoms with E-state index in [1.165, 1.54) is 0 Å². The molecular formula is C14H14N2O2. The van der Waals surface area contributed by atoms with E-state index in [1.807, 2.05) is 18.2 Å². The molecule has 1 unspecified atom stereocenters. The van der Waals surface area contributed by atoms with Crippen molar-refractivity contribution in [2.24, 2.45) is 0 Å². The van der Waals surface area contributed by atoms with Crippen molar-refractivity contribution >= 4 is 0 Å². The highest BCUT2D eigenvalue weighted by Gasteiger charge is 2.11. The maximum Gasteiger partial charge on any atom is 0.123 e. The molecule has 2 rings (SSSR count). The standard InChI is InChI=1S/C14H14N2O2/c15-8-11-3-5-12(6-4-11)9-16-13(10-17)14-2-1-7-18-14/h1-7,13,16-17H,9-10H2. The Hall–Kier alpha value is -2.09. The lowest BCUT2D eigenvalue weighted by atomic mass is 10.1. The summed E-state index contributed by atoms with van der Waals surface area (Å²) < 4.78 is 5.25. The molecule has 0 aliphatic heterocycles. The minimum atomic E-state index is -0.212. The van der Waals surface area contributed by atoms with Crippen molar-refractivity contribution in [1.29, 1.82) is 5.26 Å². The van der Waals surface area contributed by atoms with Gasteiger partial charge in [0.25, 0.3) is 0 Å². The molecule has 18 heavy (non-hydrogen) atoms. The van der Waals surface area contributed by atoms with Crippen molar-refractivity contribution in [3.05, 3.63) is 59.5 Å². The van der Waals surface area contributed by atoms with Gasteiger partial charge in [0.15, 0.2) is 0 Å². The van der Waals surface area contributed by atoms with Gasteiger partial charge >= 0.3 is 0 Å². The Morgan fingerprint density at radius 3 is 2.61 bits per heavy atom. The van der Waals surface area contributed by atoms with Gasteiger partial charge in [0.05, 0.1) is 30.5 Å². The number of nitriles is 1. The molecule has 0 radical (unpaired) electrons.